The number of hydrogen-bond donors (Lipinski definition) is 0. The lowest BCUT2D eigenvalue weighted by Crippen LogP contribution is -2.42. The standard InChI is InChI=1S/C14H26O2Si/c1-14(2,3)17(4,5)16-11-13-9-7-6-8-12(13)10-15/h7,9-10,12-13H,6,8,11H2,1-5H3/t12-,13+/m0/s1. The van der Waals surface area contributed by atoms with Gasteiger partial charge in [0.15, 0.2) is 8.32 Å². The zero-order valence-electron chi connectivity index (χ0n) is 11.8. The van der Waals surface area contributed by atoms with Gasteiger partial charge in [-0.25, -0.2) is 0 Å². The number of allylic oxidation sites excluding steroid dienone is 1. The van der Waals surface area contributed by atoms with E-state index in [9.17, 15) is 4.79 Å². The molecule has 0 fully saturated rings. The predicted molar refractivity (Wildman–Crippen MR) is 74.6 cm³/mol. The topological polar surface area (TPSA) is 26.3 Å². The first kappa shape index (κ1) is 14.6. The van der Waals surface area contributed by atoms with Crippen LogP contribution in [-0.4, -0.2) is 21.2 Å². The molecule has 2 atom stereocenters. The van der Waals surface area contributed by atoms with Crippen molar-refractivity contribution in [3.8, 4) is 0 Å². The maximum Gasteiger partial charge on any atom is 0.192 e. The minimum Gasteiger partial charge on any atom is -0.416 e. The summed E-state index contributed by atoms with van der Waals surface area (Å²) in [6.45, 7) is 12.0. The van der Waals surface area contributed by atoms with Gasteiger partial charge in [-0.3, -0.25) is 0 Å². The minimum atomic E-state index is -1.68. The van der Waals surface area contributed by atoms with Crippen LogP contribution in [0.4, 0.5) is 0 Å². The van der Waals surface area contributed by atoms with E-state index in [2.05, 4.69) is 46.0 Å². The summed E-state index contributed by atoms with van der Waals surface area (Å²) in [7, 11) is -1.68. The molecule has 0 spiro atoms. The molecule has 0 saturated carbocycles. The summed E-state index contributed by atoms with van der Waals surface area (Å²) in [4.78, 5) is 11.0. The highest BCUT2D eigenvalue weighted by atomic mass is 28.4. The number of carbonyl (C=O) groups is 1. The highest BCUT2D eigenvalue weighted by Gasteiger charge is 2.38. The van der Waals surface area contributed by atoms with Crippen LogP contribution in [0.15, 0.2) is 12.2 Å². The lowest BCUT2D eigenvalue weighted by Gasteiger charge is -2.38. The normalized spacial score (nSPS) is 25.9. The Labute approximate surface area is 107 Å². The molecule has 1 rings (SSSR count). The average molecular weight is 254 g/mol. The Morgan fingerprint density at radius 1 is 1.41 bits per heavy atom. The molecule has 0 amide bonds. The molecule has 0 aromatic heterocycles. The van der Waals surface area contributed by atoms with Gasteiger partial charge in [0.05, 0.1) is 0 Å². The van der Waals surface area contributed by atoms with Crippen molar-refractivity contribution < 1.29 is 9.22 Å². The van der Waals surface area contributed by atoms with E-state index in [1.54, 1.807) is 0 Å². The van der Waals surface area contributed by atoms with Crippen molar-refractivity contribution in [2.24, 2.45) is 11.8 Å². The molecule has 1 aliphatic carbocycles. The predicted octanol–water partition coefficient (Wildman–Crippen LogP) is 3.79. The molecule has 17 heavy (non-hydrogen) atoms. The maximum absolute atomic E-state index is 11.0. The third kappa shape index (κ3) is 3.78. The molecule has 0 saturated heterocycles. The van der Waals surface area contributed by atoms with Crippen LogP contribution in [0.25, 0.3) is 0 Å². The van der Waals surface area contributed by atoms with E-state index in [0.717, 1.165) is 19.1 Å². The van der Waals surface area contributed by atoms with Crippen molar-refractivity contribution in [1.29, 1.82) is 0 Å². The van der Waals surface area contributed by atoms with Crippen LogP contribution >= 0.6 is 0 Å². The fraction of sp³-hybridized carbons (Fsp3) is 0.786. The quantitative estimate of drug-likeness (QED) is 0.433. The molecular weight excluding hydrogens is 228 g/mol. The Balaban J connectivity index is 2.58. The van der Waals surface area contributed by atoms with Crippen LogP contribution < -0.4 is 0 Å². The molecule has 0 heterocycles. The van der Waals surface area contributed by atoms with Gasteiger partial charge in [-0.1, -0.05) is 32.9 Å². The van der Waals surface area contributed by atoms with Gasteiger partial charge in [0.1, 0.15) is 6.29 Å². The summed E-state index contributed by atoms with van der Waals surface area (Å²) in [5.74, 6) is 0.445. The Bertz CT molecular complexity index is 289. The van der Waals surface area contributed by atoms with Crippen molar-refractivity contribution in [3.63, 3.8) is 0 Å². The third-order valence-corrected chi connectivity index (χ3v) is 8.72. The Hall–Kier alpha value is -0.413. The monoisotopic (exact) mass is 254 g/mol. The first-order valence-corrected chi connectivity index (χ1v) is 9.44. The number of aldehydes is 1. The van der Waals surface area contributed by atoms with Crippen molar-refractivity contribution >= 4 is 14.6 Å². The molecule has 0 unspecified atom stereocenters. The summed E-state index contributed by atoms with van der Waals surface area (Å²) in [5, 5.41) is 0.238. The van der Waals surface area contributed by atoms with E-state index in [4.69, 9.17) is 4.43 Å². The molecule has 0 aromatic carbocycles. The van der Waals surface area contributed by atoms with Crippen LogP contribution in [0.5, 0.6) is 0 Å². The summed E-state index contributed by atoms with van der Waals surface area (Å²) in [6.07, 6.45) is 7.45. The van der Waals surface area contributed by atoms with E-state index in [0.29, 0.717) is 6.61 Å². The van der Waals surface area contributed by atoms with Crippen LogP contribution in [0.1, 0.15) is 33.6 Å². The van der Waals surface area contributed by atoms with Crippen molar-refractivity contribution in [1.82, 2.24) is 0 Å². The van der Waals surface area contributed by atoms with Crippen LogP contribution in [-0.2, 0) is 9.22 Å². The van der Waals surface area contributed by atoms with E-state index in [1.165, 1.54) is 0 Å². The van der Waals surface area contributed by atoms with Gasteiger partial charge >= 0.3 is 0 Å². The van der Waals surface area contributed by atoms with E-state index < -0.39 is 8.32 Å². The fourth-order valence-electron chi connectivity index (χ4n) is 1.79. The van der Waals surface area contributed by atoms with Gasteiger partial charge in [0.2, 0.25) is 0 Å². The molecule has 0 aliphatic heterocycles. The van der Waals surface area contributed by atoms with Gasteiger partial charge in [-0.05, 0) is 31.0 Å². The Kier molecular flexibility index (Phi) is 4.73. The van der Waals surface area contributed by atoms with Gasteiger partial charge in [0.25, 0.3) is 0 Å². The van der Waals surface area contributed by atoms with E-state index in [1.807, 2.05) is 0 Å². The van der Waals surface area contributed by atoms with Gasteiger partial charge in [-0.2, -0.15) is 0 Å². The molecule has 3 heteroatoms. The summed E-state index contributed by atoms with van der Waals surface area (Å²) >= 11 is 0. The van der Waals surface area contributed by atoms with Gasteiger partial charge in [0, 0.05) is 18.4 Å². The molecule has 0 bridgehead atoms. The smallest absolute Gasteiger partial charge is 0.192 e. The van der Waals surface area contributed by atoms with Crippen LogP contribution in [0, 0.1) is 11.8 Å². The number of rotatable bonds is 4. The fourth-order valence-corrected chi connectivity index (χ4v) is 2.83. The van der Waals surface area contributed by atoms with E-state index >= 15 is 0 Å². The Morgan fingerprint density at radius 2 is 2.06 bits per heavy atom. The van der Waals surface area contributed by atoms with Gasteiger partial charge in [-0.15, -0.1) is 0 Å². The molecule has 0 radical (unpaired) electrons. The molecule has 0 N–H and O–H groups in total. The molecular formula is C14H26O2Si. The highest BCUT2D eigenvalue weighted by molar-refractivity contribution is 6.74. The lowest BCUT2D eigenvalue weighted by atomic mass is 9.86. The minimum absolute atomic E-state index is 0.157. The first-order valence-electron chi connectivity index (χ1n) is 6.54. The number of hydrogen-bond acceptors (Lipinski definition) is 2. The second-order valence-electron chi connectivity index (χ2n) is 6.54. The van der Waals surface area contributed by atoms with Gasteiger partial charge < -0.3 is 9.22 Å². The van der Waals surface area contributed by atoms with Crippen molar-refractivity contribution in [3.05, 3.63) is 12.2 Å². The lowest BCUT2D eigenvalue weighted by molar-refractivity contribution is -0.112. The second kappa shape index (κ2) is 5.49. The number of carbonyl (C=O) groups excluding carboxylic acids is 1. The van der Waals surface area contributed by atoms with Crippen molar-refractivity contribution in [2.45, 2.75) is 51.7 Å². The SMILES string of the molecule is CC(C)(C)[Si](C)(C)OC[C@H]1C=CCC[C@H]1C=O. The third-order valence-electron chi connectivity index (χ3n) is 4.22. The summed E-state index contributed by atoms with van der Waals surface area (Å²) < 4.78 is 6.19. The summed E-state index contributed by atoms with van der Waals surface area (Å²) in [5.41, 5.74) is 0. The van der Waals surface area contributed by atoms with Crippen molar-refractivity contribution in [2.75, 3.05) is 6.61 Å². The zero-order valence-corrected chi connectivity index (χ0v) is 12.8. The largest absolute Gasteiger partial charge is 0.416 e. The summed E-state index contributed by atoms with van der Waals surface area (Å²) in [6, 6.07) is 0. The van der Waals surface area contributed by atoms with Crippen LogP contribution in [0.2, 0.25) is 18.1 Å². The molecule has 1 aliphatic rings. The van der Waals surface area contributed by atoms with Crippen LogP contribution in [0.3, 0.4) is 0 Å². The first-order chi connectivity index (χ1) is 7.78. The highest BCUT2D eigenvalue weighted by Crippen LogP contribution is 2.37. The molecule has 0 aromatic rings. The Morgan fingerprint density at radius 3 is 2.59 bits per heavy atom. The molecule has 2 nitrogen and oxygen atoms in total. The zero-order chi connectivity index (χ0) is 13.1. The maximum atomic E-state index is 11.0. The van der Waals surface area contributed by atoms with E-state index in [-0.39, 0.29) is 16.9 Å². The average Bonchev–Trinajstić information content (AvgIpc) is 2.25. The molecule has 98 valence electrons. The second-order valence-corrected chi connectivity index (χ2v) is 11.3.